The molecule has 3 rings (SSSR count). The van der Waals surface area contributed by atoms with E-state index in [2.05, 4.69) is 20.3 Å². The van der Waals surface area contributed by atoms with Crippen LogP contribution in [0.4, 0.5) is 17.1 Å². The van der Waals surface area contributed by atoms with Crippen LogP contribution in [-0.2, 0) is 9.59 Å². The zero-order valence-electron chi connectivity index (χ0n) is 10.9. The number of nitrogens with one attached hydrogen (secondary N) is 1. The van der Waals surface area contributed by atoms with Crippen molar-refractivity contribution in [2.24, 2.45) is 0 Å². The molecule has 2 aromatic carbocycles. The zero-order valence-corrected chi connectivity index (χ0v) is 10.9. The summed E-state index contributed by atoms with van der Waals surface area (Å²) in [7, 11) is 0. The number of fused-ring (bicyclic) bond motifs is 1. The van der Waals surface area contributed by atoms with Crippen molar-refractivity contribution in [3.05, 3.63) is 52.6 Å². The van der Waals surface area contributed by atoms with Gasteiger partial charge in [-0.15, -0.1) is 0 Å². The standard InChI is InChI=1S/C12H8N4O3.CO2/c17-16(18)10-7-6-9(11-12(10)15-19-14-11)13-8-4-2-1-3-5-8;2-1-3/h1-7,13H;. The van der Waals surface area contributed by atoms with Gasteiger partial charge in [-0.2, -0.15) is 9.59 Å². The van der Waals surface area contributed by atoms with E-state index < -0.39 is 4.92 Å². The van der Waals surface area contributed by atoms with Crippen molar-refractivity contribution in [3.8, 4) is 0 Å². The Morgan fingerprint density at radius 1 is 1.05 bits per heavy atom. The second kappa shape index (κ2) is 6.73. The number of nitrogens with zero attached hydrogens (tertiary/aromatic N) is 3. The average Bonchev–Trinajstić information content (AvgIpc) is 2.99. The molecule has 0 atom stereocenters. The van der Waals surface area contributed by atoms with Crippen LogP contribution in [0, 0.1) is 10.1 Å². The molecule has 0 spiro atoms. The molecule has 0 bridgehead atoms. The molecule has 110 valence electrons. The highest BCUT2D eigenvalue weighted by Gasteiger charge is 2.19. The number of nitro benzene ring substituents is 1. The number of nitro groups is 1. The van der Waals surface area contributed by atoms with Gasteiger partial charge < -0.3 is 5.32 Å². The number of hydrogen-bond donors (Lipinski definition) is 1. The van der Waals surface area contributed by atoms with E-state index in [1.54, 1.807) is 6.07 Å². The van der Waals surface area contributed by atoms with Crippen molar-refractivity contribution < 1.29 is 19.1 Å². The molecule has 0 amide bonds. The Bertz CT molecular complexity index is 825. The highest BCUT2D eigenvalue weighted by Crippen LogP contribution is 2.30. The Hall–Kier alpha value is -3.58. The van der Waals surface area contributed by atoms with E-state index in [4.69, 9.17) is 9.59 Å². The predicted octanol–water partition coefficient (Wildman–Crippen LogP) is 2.29. The molecular formula is C13H8N4O5. The third kappa shape index (κ3) is 3.11. The van der Waals surface area contributed by atoms with E-state index in [9.17, 15) is 10.1 Å². The molecule has 3 aromatic rings. The molecule has 0 fully saturated rings. The molecular weight excluding hydrogens is 292 g/mol. The molecule has 0 radical (unpaired) electrons. The van der Waals surface area contributed by atoms with E-state index >= 15 is 0 Å². The molecule has 1 aromatic heterocycles. The molecule has 9 nitrogen and oxygen atoms in total. The number of non-ortho nitro benzene ring substituents is 1. The van der Waals surface area contributed by atoms with Crippen LogP contribution in [0.25, 0.3) is 11.0 Å². The highest BCUT2D eigenvalue weighted by molar-refractivity contribution is 5.94. The topological polar surface area (TPSA) is 128 Å². The SMILES string of the molecule is O=C=O.O=[N+]([O-])c1ccc(Nc2ccccc2)c2nonc12. The molecule has 0 unspecified atom stereocenters. The van der Waals surface area contributed by atoms with Crippen LogP contribution in [-0.4, -0.2) is 21.4 Å². The van der Waals surface area contributed by atoms with Crippen LogP contribution >= 0.6 is 0 Å². The van der Waals surface area contributed by atoms with Crippen LogP contribution in [0.3, 0.4) is 0 Å². The minimum absolute atomic E-state index is 0.130. The average molecular weight is 300 g/mol. The first kappa shape index (κ1) is 14.8. The fraction of sp³-hybridized carbons (Fsp3) is 0. The van der Waals surface area contributed by atoms with Crippen LogP contribution < -0.4 is 5.32 Å². The minimum atomic E-state index is -0.515. The third-order valence-electron chi connectivity index (χ3n) is 2.64. The first-order chi connectivity index (χ1) is 10.7. The number of para-hydroxylation sites is 1. The number of aromatic nitrogens is 2. The van der Waals surface area contributed by atoms with Crippen LogP contribution in [0.5, 0.6) is 0 Å². The quantitative estimate of drug-likeness (QED) is 0.576. The van der Waals surface area contributed by atoms with E-state index in [1.807, 2.05) is 30.3 Å². The normalized spacial score (nSPS) is 9.45. The second-order valence-corrected chi connectivity index (χ2v) is 3.93. The summed E-state index contributed by atoms with van der Waals surface area (Å²) in [5.41, 5.74) is 1.78. The lowest BCUT2D eigenvalue weighted by Crippen LogP contribution is -1.94. The molecule has 9 heteroatoms. The summed E-state index contributed by atoms with van der Waals surface area (Å²) in [5.74, 6) is 0. The van der Waals surface area contributed by atoms with E-state index in [0.717, 1.165) is 5.69 Å². The summed E-state index contributed by atoms with van der Waals surface area (Å²) in [4.78, 5) is 26.6. The Morgan fingerprint density at radius 3 is 2.32 bits per heavy atom. The van der Waals surface area contributed by atoms with Gasteiger partial charge in [0.05, 0.1) is 10.6 Å². The van der Waals surface area contributed by atoms with Crippen molar-refractivity contribution >= 4 is 34.2 Å². The summed E-state index contributed by atoms with van der Waals surface area (Å²) >= 11 is 0. The maximum atomic E-state index is 10.9. The first-order valence-corrected chi connectivity index (χ1v) is 5.88. The number of hydrogen-bond acceptors (Lipinski definition) is 8. The minimum Gasteiger partial charge on any atom is -0.354 e. The van der Waals surface area contributed by atoms with Crippen LogP contribution in [0.1, 0.15) is 0 Å². The smallest absolute Gasteiger partial charge is 0.354 e. The van der Waals surface area contributed by atoms with Crippen molar-refractivity contribution in [1.29, 1.82) is 0 Å². The van der Waals surface area contributed by atoms with E-state index in [0.29, 0.717) is 11.2 Å². The summed E-state index contributed by atoms with van der Waals surface area (Å²) in [6.07, 6.45) is 0.250. The number of benzene rings is 2. The van der Waals surface area contributed by atoms with Gasteiger partial charge in [-0.05, 0) is 28.5 Å². The predicted molar refractivity (Wildman–Crippen MR) is 73.2 cm³/mol. The lowest BCUT2D eigenvalue weighted by atomic mass is 10.2. The van der Waals surface area contributed by atoms with E-state index in [1.165, 1.54) is 6.07 Å². The van der Waals surface area contributed by atoms with Gasteiger partial charge in [0.1, 0.15) is 0 Å². The molecule has 0 saturated carbocycles. The lowest BCUT2D eigenvalue weighted by Gasteiger charge is -2.05. The fourth-order valence-electron chi connectivity index (χ4n) is 1.78. The second-order valence-electron chi connectivity index (χ2n) is 3.93. The number of carbonyl (C=O) groups excluding carboxylic acids is 2. The number of anilines is 2. The van der Waals surface area contributed by atoms with Gasteiger partial charge >= 0.3 is 11.8 Å². The summed E-state index contributed by atoms with van der Waals surface area (Å²) in [5, 5.41) is 21.3. The van der Waals surface area contributed by atoms with Gasteiger partial charge in [0.25, 0.3) is 0 Å². The van der Waals surface area contributed by atoms with Gasteiger partial charge in [-0.3, -0.25) is 10.1 Å². The highest BCUT2D eigenvalue weighted by atomic mass is 16.6. The third-order valence-corrected chi connectivity index (χ3v) is 2.64. The van der Waals surface area contributed by atoms with Crippen molar-refractivity contribution in [1.82, 2.24) is 10.3 Å². The molecule has 0 aliphatic rings. The summed E-state index contributed by atoms with van der Waals surface area (Å²) in [6, 6.07) is 12.4. The Balaban J connectivity index is 0.000000545. The zero-order chi connectivity index (χ0) is 15.9. The molecule has 0 aliphatic heterocycles. The van der Waals surface area contributed by atoms with Gasteiger partial charge in [-0.25, -0.2) is 4.63 Å². The van der Waals surface area contributed by atoms with Gasteiger partial charge in [0, 0.05) is 11.8 Å². The van der Waals surface area contributed by atoms with Gasteiger partial charge in [0.2, 0.25) is 5.52 Å². The Kier molecular flexibility index (Phi) is 4.53. The Labute approximate surface area is 122 Å². The van der Waals surface area contributed by atoms with Crippen molar-refractivity contribution in [2.45, 2.75) is 0 Å². The molecule has 0 saturated heterocycles. The summed E-state index contributed by atoms with van der Waals surface area (Å²) in [6.45, 7) is 0. The molecule has 22 heavy (non-hydrogen) atoms. The van der Waals surface area contributed by atoms with Gasteiger partial charge in [-0.1, -0.05) is 18.2 Å². The maximum absolute atomic E-state index is 10.9. The van der Waals surface area contributed by atoms with Crippen LogP contribution in [0.2, 0.25) is 0 Å². The molecule has 1 heterocycles. The largest absolute Gasteiger partial charge is 0.373 e. The van der Waals surface area contributed by atoms with Crippen molar-refractivity contribution in [3.63, 3.8) is 0 Å². The monoisotopic (exact) mass is 300 g/mol. The van der Waals surface area contributed by atoms with Crippen molar-refractivity contribution in [2.75, 3.05) is 5.32 Å². The first-order valence-electron chi connectivity index (χ1n) is 5.88. The van der Waals surface area contributed by atoms with Gasteiger partial charge in [0.15, 0.2) is 5.52 Å². The van der Waals surface area contributed by atoms with E-state index in [-0.39, 0.29) is 17.4 Å². The molecule has 0 aliphatic carbocycles. The van der Waals surface area contributed by atoms with Crippen LogP contribution in [0.15, 0.2) is 47.1 Å². The Morgan fingerprint density at radius 2 is 1.68 bits per heavy atom. The summed E-state index contributed by atoms with van der Waals surface area (Å²) < 4.78 is 4.59. The number of rotatable bonds is 3. The maximum Gasteiger partial charge on any atom is 0.373 e. The fourth-order valence-corrected chi connectivity index (χ4v) is 1.78. The lowest BCUT2D eigenvalue weighted by molar-refractivity contribution is -0.383. The molecule has 1 N–H and O–H groups in total.